The van der Waals surface area contributed by atoms with Gasteiger partial charge in [0.25, 0.3) is 0 Å². The molecule has 0 aromatic heterocycles. The van der Waals surface area contributed by atoms with E-state index >= 15 is 0 Å². The fourth-order valence-electron chi connectivity index (χ4n) is 2.01. The van der Waals surface area contributed by atoms with Gasteiger partial charge in [-0.1, -0.05) is 30.3 Å². The molecule has 1 fully saturated rings. The zero-order valence-corrected chi connectivity index (χ0v) is 13.2. The topological polar surface area (TPSA) is 64.4 Å². The summed E-state index contributed by atoms with van der Waals surface area (Å²) in [6.07, 6.45) is 4.50. The molecule has 2 rings (SSSR count). The summed E-state index contributed by atoms with van der Waals surface area (Å²) in [4.78, 5) is 11.6. The van der Waals surface area contributed by atoms with E-state index in [1.54, 1.807) is 0 Å². The van der Waals surface area contributed by atoms with Crippen molar-refractivity contribution in [3.63, 3.8) is 0 Å². The molecule has 1 aromatic rings. The highest BCUT2D eigenvalue weighted by molar-refractivity contribution is 5.88. The van der Waals surface area contributed by atoms with E-state index in [1.165, 1.54) is 5.56 Å². The zero-order valence-electron chi connectivity index (χ0n) is 12.3. The van der Waals surface area contributed by atoms with Gasteiger partial charge in [-0.15, -0.1) is 12.4 Å². The standard InChI is InChI=1S/C16H24N2O2.ClH/c17-16(9-10-16)15(19)18-11-4-5-12-20-13-8-14-6-2-1-3-7-14;/h1-3,6-7H,4-5,8-13,17H2,(H,18,19);1H. The Labute approximate surface area is 132 Å². The number of nitrogens with two attached hydrogens (primary N) is 1. The van der Waals surface area contributed by atoms with Crippen molar-refractivity contribution in [3.8, 4) is 0 Å². The van der Waals surface area contributed by atoms with Crippen molar-refractivity contribution in [2.24, 2.45) is 5.73 Å². The first kappa shape index (κ1) is 18.0. The van der Waals surface area contributed by atoms with Gasteiger partial charge in [0, 0.05) is 13.2 Å². The van der Waals surface area contributed by atoms with E-state index in [2.05, 4.69) is 17.4 Å². The van der Waals surface area contributed by atoms with Crippen molar-refractivity contribution in [2.45, 2.75) is 37.6 Å². The number of amides is 1. The minimum Gasteiger partial charge on any atom is -0.381 e. The average Bonchev–Trinajstić information content (AvgIpc) is 3.22. The zero-order chi connectivity index (χ0) is 14.3. The highest BCUT2D eigenvalue weighted by Gasteiger charge is 2.45. The van der Waals surface area contributed by atoms with Crippen LogP contribution in [0.25, 0.3) is 0 Å². The molecule has 0 aliphatic heterocycles. The summed E-state index contributed by atoms with van der Waals surface area (Å²) in [5.74, 6) is 0.00231. The van der Waals surface area contributed by atoms with Gasteiger partial charge in [-0.3, -0.25) is 4.79 Å². The van der Waals surface area contributed by atoms with Gasteiger partial charge in [0.05, 0.1) is 12.1 Å². The highest BCUT2D eigenvalue weighted by Crippen LogP contribution is 2.31. The van der Waals surface area contributed by atoms with Crippen molar-refractivity contribution in [1.29, 1.82) is 0 Å². The van der Waals surface area contributed by atoms with E-state index < -0.39 is 5.54 Å². The third kappa shape index (κ3) is 6.46. The van der Waals surface area contributed by atoms with Gasteiger partial charge in [-0.25, -0.2) is 0 Å². The predicted molar refractivity (Wildman–Crippen MR) is 86.6 cm³/mol. The number of hydrogen-bond donors (Lipinski definition) is 2. The molecule has 1 aliphatic carbocycles. The van der Waals surface area contributed by atoms with E-state index in [-0.39, 0.29) is 18.3 Å². The van der Waals surface area contributed by atoms with Crippen LogP contribution in [0.15, 0.2) is 30.3 Å². The SMILES string of the molecule is Cl.NC1(C(=O)NCCCCOCCc2ccccc2)CC1. The van der Waals surface area contributed by atoms with Gasteiger partial charge in [-0.2, -0.15) is 0 Å². The number of ether oxygens (including phenoxy) is 1. The Balaban J connectivity index is 0.00000220. The molecule has 1 saturated carbocycles. The third-order valence-electron chi connectivity index (χ3n) is 3.62. The maximum Gasteiger partial charge on any atom is 0.240 e. The number of carbonyl (C=O) groups is 1. The summed E-state index contributed by atoms with van der Waals surface area (Å²) in [5.41, 5.74) is 6.54. The Morgan fingerprint density at radius 3 is 2.57 bits per heavy atom. The molecule has 1 aromatic carbocycles. The van der Waals surface area contributed by atoms with Crippen molar-refractivity contribution in [2.75, 3.05) is 19.8 Å². The molecule has 0 saturated heterocycles. The van der Waals surface area contributed by atoms with E-state index in [4.69, 9.17) is 10.5 Å². The van der Waals surface area contributed by atoms with Crippen LogP contribution >= 0.6 is 12.4 Å². The summed E-state index contributed by atoms with van der Waals surface area (Å²) in [6, 6.07) is 10.3. The molecule has 1 amide bonds. The van der Waals surface area contributed by atoms with E-state index in [0.717, 1.165) is 45.3 Å². The van der Waals surface area contributed by atoms with Gasteiger partial charge in [0.1, 0.15) is 0 Å². The van der Waals surface area contributed by atoms with E-state index in [0.29, 0.717) is 6.54 Å². The minimum atomic E-state index is -0.549. The normalized spacial score (nSPS) is 15.1. The van der Waals surface area contributed by atoms with Gasteiger partial charge in [0.2, 0.25) is 5.91 Å². The minimum absolute atomic E-state index is 0. The number of hydrogen-bond acceptors (Lipinski definition) is 3. The molecule has 0 atom stereocenters. The smallest absolute Gasteiger partial charge is 0.240 e. The molecule has 0 radical (unpaired) electrons. The maximum atomic E-state index is 11.6. The molecule has 5 heteroatoms. The maximum absolute atomic E-state index is 11.6. The lowest BCUT2D eigenvalue weighted by atomic mass is 10.2. The van der Waals surface area contributed by atoms with Crippen LogP contribution in [0.1, 0.15) is 31.2 Å². The second kappa shape index (κ2) is 9.03. The van der Waals surface area contributed by atoms with Crippen LogP contribution in [-0.2, 0) is 16.0 Å². The molecule has 21 heavy (non-hydrogen) atoms. The van der Waals surface area contributed by atoms with Crippen LogP contribution in [-0.4, -0.2) is 31.2 Å². The van der Waals surface area contributed by atoms with Crippen LogP contribution in [0.2, 0.25) is 0 Å². The molecule has 0 bridgehead atoms. The number of benzene rings is 1. The summed E-state index contributed by atoms with van der Waals surface area (Å²) >= 11 is 0. The van der Waals surface area contributed by atoms with Crippen molar-refractivity contribution in [3.05, 3.63) is 35.9 Å². The number of rotatable bonds is 9. The molecular weight excluding hydrogens is 288 g/mol. The van der Waals surface area contributed by atoms with E-state index in [1.807, 2.05) is 18.2 Å². The quantitative estimate of drug-likeness (QED) is 0.686. The summed E-state index contributed by atoms with van der Waals surface area (Å²) in [6.45, 7) is 2.19. The molecule has 0 spiro atoms. The molecule has 0 unspecified atom stereocenters. The fourth-order valence-corrected chi connectivity index (χ4v) is 2.01. The third-order valence-corrected chi connectivity index (χ3v) is 3.62. The van der Waals surface area contributed by atoms with Crippen LogP contribution in [0.4, 0.5) is 0 Å². The van der Waals surface area contributed by atoms with Crippen molar-refractivity contribution >= 4 is 18.3 Å². The lowest BCUT2D eigenvalue weighted by molar-refractivity contribution is -0.123. The Hall–Kier alpha value is -1.10. The lowest BCUT2D eigenvalue weighted by Crippen LogP contribution is -2.43. The Morgan fingerprint density at radius 2 is 1.90 bits per heavy atom. The summed E-state index contributed by atoms with van der Waals surface area (Å²) < 4.78 is 5.59. The van der Waals surface area contributed by atoms with Crippen molar-refractivity contribution in [1.82, 2.24) is 5.32 Å². The molecule has 3 N–H and O–H groups in total. The first-order chi connectivity index (χ1) is 9.71. The number of halogens is 1. The molecule has 1 aliphatic rings. The first-order valence-corrected chi connectivity index (χ1v) is 7.40. The van der Waals surface area contributed by atoms with Crippen LogP contribution in [0.5, 0.6) is 0 Å². The molecular formula is C16H25ClN2O2. The molecule has 4 nitrogen and oxygen atoms in total. The number of nitrogens with one attached hydrogen (secondary N) is 1. The number of unbranched alkanes of at least 4 members (excludes halogenated alkanes) is 1. The van der Waals surface area contributed by atoms with Gasteiger partial charge in [-0.05, 0) is 37.7 Å². The lowest BCUT2D eigenvalue weighted by Gasteiger charge is -2.09. The number of carbonyl (C=O) groups excluding carboxylic acids is 1. The molecule has 0 heterocycles. The fraction of sp³-hybridized carbons (Fsp3) is 0.562. The van der Waals surface area contributed by atoms with Crippen molar-refractivity contribution < 1.29 is 9.53 Å². The predicted octanol–water partition coefficient (Wildman–Crippen LogP) is 2.06. The van der Waals surface area contributed by atoms with Gasteiger partial charge in [0.15, 0.2) is 0 Å². The van der Waals surface area contributed by atoms with Gasteiger partial charge >= 0.3 is 0 Å². The van der Waals surface area contributed by atoms with E-state index in [9.17, 15) is 4.79 Å². The monoisotopic (exact) mass is 312 g/mol. The Morgan fingerprint density at radius 1 is 1.19 bits per heavy atom. The second-order valence-electron chi connectivity index (χ2n) is 5.47. The van der Waals surface area contributed by atoms with Gasteiger partial charge < -0.3 is 15.8 Å². The average molecular weight is 313 g/mol. The first-order valence-electron chi connectivity index (χ1n) is 7.40. The largest absolute Gasteiger partial charge is 0.381 e. The summed E-state index contributed by atoms with van der Waals surface area (Å²) in [5, 5.41) is 2.88. The molecule has 118 valence electrons. The second-order valence-corrected chi connectivity index (χ2v) is 5.47. The van der Waals surface area contributed by atoms with Crippen LogP contribution in [0.3, 0.4) is 0 Å². The Bertz CT molecular complexity index is 422. The van der Waals surface area contributed by atoms with Crippen LogP contribution < -0.4 is 11.1 Å². The van der Waals surface area contributed by atoms with Crippen LogP contribution in [0, 0.1) is 0 Å². The Kier molecular flexibility index (Phi) is 7.72. The highest BCUT2D eigenvalue weighted by atomic mass is 35.5. The summed E-state index contributed by atoms with van der Waals surface area (Å²) in [7, 11) is 0.